The van der Waals surface area contributed by atoms with Gasteiger partial charge in [-0.15, -0.1) is 0 Å². The highest BCUT2D eigenvalue weighted by atomic mass is 16.6. The molecule has 4 N–H and O–H groups in total. The molecule has 0 aliphatic heterocycles. The van der Waals surface area contributed by atoms with Gasteiger partial charge in [-0.25, -0.2) is 4.79 Å². The van der Waals surface area contributed by atoms with Gasteiger partial charge >= 0.3 is 6.16 Å². The van der Waals surface area contributed by atoms with Crippen molar-refractivity contribution in [3.05, 3.63) is 0 Å². The summed E-state index contributed by atoms with van der Waals surface area (Å²) < 4.78 is 5.15. The van der Waals surface area contributed by atoms with Gasteiger partial charge < -0.3 is 25.2 Å². The van der Waals surface area contributed by atoms with Crippen LogP contribution in [-0.2, 0) is 4.74 Å². The fraction of sp³-hybridized carbons (Fsp3) is 0.909. The Morgan fingerprint density at radius 1 is 1.18 bits per heavy atom. The van der Waals surface area contributed by atoms with Crippen LogP contribution in [0, 0.1) is 0 Å². The number of aliphatic hydroxyl groups excluding tert-OH is 1. The molecule has 0 aliphatic rings. The van der Waals surface area contributed by atoms with Gasteiger partial charge in [-0.05, 0) is 12.8 Å². The minimum absolute atomic E-state index is 0.0222. The lowest BCUT2D eigenvalue weighted by atomic mass is 9.94. The van der Waals surface area contributed by atoms with Crippen molar-refractivity contribution in [1.29, 1.82) is 0 Å². The van der Waals surface area contributed by atoms with Crippen molar-refractivity contribution in [2.75, 3.05) is 19.8 Å². The number of hydrogen-bond donors (Lipinski definition) is 4. The quantitative estimate of drug-likeness (QED) is 0.488. The molecule has 0 saturated heterocycles. The van der Waals surface area contributed by atoms with E-state index in [0.717, 1.165) is 25.7 Å². The van der Waals surface area contributed by atoms with Gasteiger partial charge in [0, 0.05) is 0 Å². The Morgan fingerprint density at radius 3 is 1.88 bits per heavy atom. The maximum Gasteiger partial charge on any atom is 0.503 e. The summed E-state index contributed by atoms with van der Waals surface area (Å²) in [5.74, 6) is 0. The molecule has 6 heteroatoms. The largest absolute Gasteiger partial charge is 0.503 e. The fourth-order valence-corrected chi connectivity index (χ4v) is 1.53. The Balaban J connectivity index is 0. The van der Waals surface area contributed by atoms with E-state index in [1.165, 1.54) is 0 Å². The van der Waals surface area contributed by atoms with Crippen LogP contribution in [0.5, 0.6) is 0 Å². The molecule has 104 valence electrons. The average Bonchev–Trinajstić information content (AvgIpc) is 2.17. The summed E-state index contributed by atoms with van der Waals surface area (Å²) in [4.78, 5) is 8.56. The number of aliphatic hydroxyl groups is 2. The van der Waals surface area contributed by atoms with Gasteiger partial charge in [-0.3, -0.25) is 0 Å². The Morgan fingerprint density at radius 2 is 1.59 bits per heavy atom. The standard InChI is InChI=1S/C10H22O3.CH2O3/c1-3-5-10(12,6-4-2)9-13-8-7-11;2-1(3)4/h11-12H,3-9H2,1-2H3;(H2,2,3,4). The smallest absolute Gasteiger partial charge is 0.450 e. The molecule has 0 amide bonds. The molecule has 0 aliphatic carbocycles. The van der Waals surface area contributed by atoms with Crippen LogP contribution in [0.2, 0.25) is 0 Å². The average molecular weight is 252 g/mol. The summed E-state index contributed by atoms with van der Waals surface area (Å²) in [6.07, 6.45) is 1.62. The second-order valence-electron chi connectivity index (χ2n) is 3.78. The molecule has 17 heavy (non-hydrogen) atoms. The van der Waals surface area contributed by atoms with Crippen LogP contribution in [0.3, 0.4) is 0 Å². The van der Waals surface area contributed by atoms with E-state index in [1.54, 1.807) is 0 Å². The molecule has 0 aromatic carbocycles. The van der Waals surface area contributed by atoms with Crippen LogP contribution in [0.15, 0.2) is 0 Å². The van der Waals surface area contributed by atoms with Gasteiger partial charge in [0.25, 0.3) is 0 Å². The highest BCUT2D eigenvalue weighted by Gasteiger charge is 2.24. The zero-order valence-electron chi connectivity index (χ0n) is 10.6. The number of carboxylic acid groups (broad SMARTS) is 2. The van der Waals surface area contributed by atoms with Crippen LogP contribution >= 0.6 is 0 Å². The minimum atomic E-state index is -1.83. The third-order valence-corrected chi connectivity index (χ3v) is 2.04. The van der Waals surface area contributed by atoms with E-state index < -0.39 is 11.8 Å². The first-order valence-corrected chi connectivity index (χ1v) is 5.74. The topological polar surface area (TPSA) is 107 Å². The highest BCUT2D eigenvalue weighted by molar-refractivity contribution is 5.53. The van der Waals surface area contributed by atoms with E-state index in [4.69, 9.17) is 24.9 Å². The maximum atomic E-state index is 10.0. The van der Waals surface area contributed by atoms with Gasteiger partial charge in [-0.1, -0.05) is 26.7 Å². The zero-order valence-corrected chi connectivity index (χ0v) is 10.6. The predicted molar refractivity (Wildman–Crippen MR) is 63.3 cm³/mol. The Hall–Kier alpha value is -0.850. The molecule has 6 nitrogen and oxygen atoms in total. The second-order valence-corrected chi connectivity index (χ2v) is 3.78. The monoisotopic (exact) mass is 252 g/mol. The van der Waals surface area contributed by atoms with Crippen molar-refractivity contribution in [3.8, 4) is 0 Å². The maximum absolute atomic E-state index is 10.0. The highest BCUT2D eigenvalue weighted by Crippen LogP contribution is 2.19. The SMILES string of the molecule is CCCC(O)(CCC)COCCO.O=C(O)O. The van der Waals surface area contributed by atoms with Gasteiger partial charge in [0.1, 0.15) is 0 Å². The molecule has 0 rings (SSSR count). The molecular weight excluding hydrogens is 228 g/mol. The van der Waals surface area contributed by atoms with Crippen molar-refractivity contribution < 1.29 is 30.0 Å². The molecular formula is C11H24O6. The molecule has 0 spiro atoms. The van der Waals surface area contributed by atoms with E-state index in [2.05, 4.69) is 0 Å². The molecule has 0 atom stereocenters. The lowest BCUT2D eigenvalue weighted by Crippen LogP contribution is -2.34. The Kier molecular flexibility index (Phi) is 12.7. The molecule has 0 aromatic rings. The summed E-state index contributed by atoms with van der Waals surface area (Å²) in [6, 6.07) is 0. The van der Waals surface area contributed by atoms with Crippen molar-refractivity contribution >= 4 is 6.16 Å². The van der Waals surface area contributed by atoms with E-state index in [-0.39, 0.29) is 6.61 Å². The summed E-state index contributed by atoms with van der Waals surface area (Å²) in [5, 5.41) is 32.5. The first-order chi connectivity index (χ1) is 7.91. The lowest BCUT2D eigenvalue weighted by molar-refractivity contribution is -0.0631. The molecule has 0 saturated carbocycles. The van der Waals surface area contributed by atoms with Gasteiger partial charge in [0.05, 0.1) is 25.4 Å². The molecule has 0 bridgehead atoms. The first-order valence-electron chi connectivity index (χ1n) is 5.74. The molecule has 0 aromatic heterocycles. The molecule has 0 fully saturated rings. The fourth-order valence-electron chi connectivity index (χ4n) is 1.53. The van der Waals surface area contributed by atoms with Crippen LogP contribution in [0.4, 0.5) is 4.79 Å². The van der Waals surface area contributed by atoms with Crippen molar-refractivity contribution in [2.45, 2.75) is 45.1 Å². The molecule has 0 heterocycles. The number of rotatable bonds is 8. The van der Waals surface area contributed by atoms with E-state index in [1.807, 2.05) is 13.8 Å². The third kappa shape index (κ3) is 15.1. The van der Waals surface area contributed by atoms with Gasteiger partial charge in [-0.2, -0.15) is 0 Å². The van der Waals surface area contributed by atoms with E-state index in [9.17, 15) is 5.11 Å². The number of hydrogen-bond acceptors (Lipinski definition) is 4. The van der Waals surface area contributed by atoms with Crippen LogP contribution in [-0.4, -0.2) is 52.0 Å². The van der Waals surface area contributed by atoms with Crippen LogP contribution in [0.1, 0.15) is 39.5 Å². The molecule has 0 radical (unpaired) electrons. The van der Waals surface area contributed by atoms with Crippen molar-refractivity contribution in [2.24, 2.45) is 0 Å². The Bertz CT molecular complexity index is 173. The summed E-state index contributed by atoms with van der Waals surface area (Å²) >= 11 is 0. The van der Waals surface area contributed by atoms with Gasteiger partial charge in [0.15, 0.2) is 0 Å². The second kappa shape index (κ2) is 11.6. The van der Waals surface area contributed by atoms with Crippen molar-refractivity contribution in [1.82, 2.24) is 0 Å². The van der Waals surface area contributed by atoms with E-state index >= 15 is 0 Å². The normalized spacial score (nSPS) is 10.6. The first kappa shape index (κ1) is 18.5. The summed E-state index contributed by atoms with van der Waals surface area (Å²) in [7, 11) is 0. The Labute approximate surface area is 102 Å². The van der Waals surface area contributed by atoms with E-state index in [0.29, 0.717) is 13.2 Å². The summed E-state index contributed by atoms with van der Waals surface area (Å²) in [6.45, 7) is 4.78. The molecule has 0 unspecified atom stereocenters. The third-order valence-electron chi connectivity index (χ3n) is 2.04. The number of carbonyl (C=O) groups is 1. The predicted octanol–water partition coefficient (Wildman–Crippen LogP) is 1.55. The summed E-state index contributed by atoms with van der Waals surface area (Å²) in [5.41, 5.74) is -0.682. The number of ether oxygens (including phenoxy) is 1. The van der Waals surface area contributed by atoms with Crippen LogP contribution < -0.4 is 0 Å². The van der Waals surface area contributed by atoms with Crippen molar-refractivity contribution in [3.63, 3.8) is 0 Å². The van der Waals surface area contributed by atoms with Gasteiger partial charge in [0.2, 0.25) is 0 Å². The minimum Gasteiger partial charge on any atom is -0.450 e. The zero-order chi connectivity index (χ0) is 13.7. The van der Waals surface area contributed by atoms with Crippen LogP contribution in [0.25, 0.3) is 0 Å². The lowest BCUT2D eigenvalue weighted by Gasteiger charge is -2.27.